The fraction of sp³-hybridized carbons (Fsp3) is 0.368. The molecule has 6 nitrogen and oxygen atoms in total. The largest absolute Gasteiger partial charge is 0.573 e. The van der Waals surface area contributed by atoms with Gasteiger partial charge in [-0.3, -0.25) is 4.79 Å². The Balaban J connectivity index is 1.74. The summed E-state index contributed by atoms with van der Waals surface area (Å²) in [5.74, 6) is -1.48. The molecule has 1 aliphatic heterocycles. The molecular formula is C19H17F6N3O3. The number of carbonyl (C=O) groups is 1. The zero-order valence-corrected chi connectivity index (χ0v) is 16.1. The lowest BCUT2D eigenvalue weighted by Gasteiger charge is -2.31. The molecule has 2 aromatic rings. The molecule has 3 rings (SSSR count). The van der Waals surface area contributed by atoms with E-state index in [1.807, 2.05) is 4.90 Å². The van der Waals surface area contributed by atoms with Crippen LogP contribution in [0.4, 0.5) is 37.8 Å². The Morgan fingerprint density at radius 1 is 1.19 bits per heavy atom. The van der Waals surface area contributed by atoms with Crippen molar-refractivity contribution in [1.29, 1.82) is 0 Å². The summed E-state index contributed by atoms with van der Waals surface area (Å²) in [7, 11) is 0. The fourth-order valence-corrected chi connectivity index (χ4v) is 2.95. The van der Waals surface area contributed by atoms with Gasteiger partial charge in [-0.1, -0.05) is 12.1 Å². The molecule has 0 unspecified atom stereocenters. The summed E-state index contributed by atoms with van der Waals surface area (Å²) >= 11 is 0. The highest BCUT2D eigenvalue weighted by atomic mass is 19.4. The van der Waals surface area contributed by atoms with Gasteiger partial charge in [-0.15, -0.1) is 13.2 Å². The van der Waals surface area contributed by atoms with Crippen LogP contribution in [0.2, 0.25) is 0 Å². The van der Waals surface area contributed by atoms with Crippen LogP contribution >= 0.6 is 0 Å². The van der Waals surface area contributed by atoms with Crippen LogP contribution in [0.3, 0.4) is 0 Å². The third-order valence-electron chi connectivity index (χ3n) is 4.25. The molecule has 1 amide bonds. The Bertz CT molecular complexity index is 945. The normalized spacial score (nSPS) is 14.0. The first kappa shape index (κ1) is 22.5. The van der Waals surface area contributed by atoms with Crippen molar-refractivity contribution in [3.63, 3.8) is 0 Å². The van der Waals surface area contributed by atoms with Crippen molar-refractivity contribution in [1.82, 2.24) is 4.98 Å². The summed E-state index contributed by atoms with van der Waals surface area (Å²) in [6, 6.07) is 7.00. The van der Waals surface area contributed by atoms with Crippen LogP contribution in [0.25, 0.3) is 0 Å². The van der Waals surface area contributed by atoms with Crippen LogP contribution in [0.15, 0.2) is 30.3 Å². The Labute approximate surface area is 172 Å². The quantitative estimate of drug-likeness (QED) is 0.678. The third kappa shape index (κ3) is 6.40. The van der Waals surface area contributed by atoms with Gasteiger partial charge in [-0.05, 0) is 36.2 Å². The standard InChI is InChI=1S/C19H17F6N3O3/c1-11-8-14-17(27-16(11)26-15(29)9-18(20,21)22)30-7-6-28(14)10-12-2-4-13(5-3-12)31-19(23,24)25/h2-5,8H,6-7,9-10H2,1H3,(H,26,27,29). The van der Waals surface area contributed by atoms with Crippen LogP contribution in [-0.2, 0) is 11.3 Å². The van der Waals surface area contributed by atoms with E-state index in [-0.39, 0.29) is 24.1 Å². The lowest BCUT2D eigenvalue weighted by molar-refractivity contribution is -0.274. The van der Waals surface area contributed by atoms with Gasteiger partial charge in [0.25, 0.3) is 0 Å². The van der Waals surface area contributed by atoms with Crippen molar-refractivity contribution in [3.05, 3.63) is 41.5 Å². The minimum Gasteiger partial charge on any atom is -0.474 e. The number of aromatic nitrogens is 1. The van der Waals surface area contributed by atoms with Crippen molar-refractivity contribution in [2.75, 3.05) is 23.4 Å². The van der Waals surface area contributed by atoms with E-state index in [4.69, 9.17) is 4.74 Å². The molecular weight excluding hydrogens is 432 g/mol. The van der Waals surface area contributed by atoms with Crippen molar-refractivity contribution >= 4 is 17.4 Å². The topological polar surface area (TPSA) is 63.7 Å². The lowest BCUT2D eigenvalue weighted by Crippen LogP contribution is -2.33. The predicted octanol–water partition coefficient (Wildman–Crippen LogP) is 4.58. The van der Waals surface area contributed by atoms with Gasteiger partial charge >= 0.3 is 12.5 Å². The highest BCUT2D eigenvalue weighted by Crippen LogP contribution is 2.35. The van der Waals surface area contributed by atoms with Gasteiger partial charge in [0.2, 0.25) is 11.8 Å². The van der Waals surface area contributed by atoms with E-state index in [1.54, 1.807) is 13.0 Å². The molecule has 0 bridgehead atoms. The number of hydrogen-bond acceptors (Lipinski definition) is 5. The number of halogens is 6. The number of carbonyl (C=O) groups excluding carboxylic acids is 1. The van der Waals surface area contributed by atoms with Crippen LogP contribution in [0.5, 0.6) is 11.6 Å². The zero-order chi connectivity index (χ0) is 22.8. The summed E-state index contributed by atoms with van der Waals surface area (Å²) in [5.41, 5.74) is 1.68. The maximum absolute atomic E-state index is 12.4. The van der Waals surface area contributed by atoms with Crippen LogP contribution < -0.4 is 19.7 Å². The number of hydrogen-bond donors (Lipinski definition) is 1. The fourth-order valence-electron chi connectivity index (χ4n) is 2.95. The van der Waals surface area contributed by atoms with E-state index >= 15 is 0 Å². The number of alkyl halides is 6. The van der Waals surface area contributed by atoms with Gasteiger partial charge in [0.05, 0.1) is 6.54 Å². The number of fused-ring (bicyclic) bond motifs is 1. The van der Waals surface area contributed by atoms with Crippen molar-refractivity contribution < 1.29 is 40.6 Å². The molecule has 1 aromatic heterocycles. The molecule has 1 aliphatic rings. The number of benzene rings is 1. The number of nitrogens with one attached hydrogen (secondary N) is 1. The summed E-state index contributed by atoms with van der Waals surface area (Å²) in [6.45, 7) is 2.58. The van der Waals surface area contributed by atoms with E-state index in [2.05, 4.69) is 15.0 Å². The zero-order valence-electron chi connectivity index (χ0n) is 16.1. The average Bonchev–Trinajstić information content (AvgIpc) is 2.62. The van der Waals surface area contributed by atoms with E-state index < -0.39 is 24.9 Å². The third-order valence-corrected chi connectivity index (χ3v) is 4.25. The van der Waals surface area contributed by atoms with Crippen LogP contribution in [0, 0.1) is 6.92 Å². The molecule has 12 heteroatoms. The van der Waals surface area contributed by atoms with E-state index in [1.165, 1.54) is 24.3 Å². The summed E-state index contributed by atoms with van der Waals surface area (Å²) in [5, 5.41) is 2.13. The summed E-state index contributed by atoms with van der Waals surface area (Å²) in [4.78, 5) is 17.5. The highest BCUT2D eigenvalue weighted by Gasteiger charge is 2.32. The molecule has 0 fully saturated rings. The number of pyridine rings is 1. The molecule has 0 aliphatic carbocycles. The molecule has 1 N–H and O–H groups in total. The molecule has 0 saturated heterocycles. The Kier molecular flexibility index (Phi) is 6.18. The molecule has 31 heavy (non-hydrogen) atoms. The number of aryl methyl sites for hydroxylation is 1. The number of rotatable bonds is 5. The van der Waals surface area contributed by atoms with Gasteiger partial charge in [-0.2, -0.15) is 18.2 Å². The maximum Gasteiger partial charge on any atom is 0.573 e. The Hall–Kier alpha value is -3.18. The molecule has 168 valence electrons. The van der Waals surface area contributed by atoms with E-state index in [0.717, 1.165) is 0 Å². The van der Waals surface area contributed by atoms with Crippen molar-refractivity contribution in [2.24, 2.45) is 0 Å². The SMILES string of the molecule is Cc1cc2c(nc1NC(=O)CC(F)(F)F)OCCN2Cc1ccc(OC(F)(F)F)cc1. The maximum atomic E-state index is 12.4. The highest BCUT2D eigenvalue weighted by molar-refractivity contribution is 5.91. The van der Waals surface area contributed by atoms with E-state index in [0.29, 0.717) is 29.9 Å². The van der Waals surface area contributed by atoms with Crippen LogP contribution in [0.1, 0.15) is 17.5 Å². The van der Waals surface area contributed by atoms with Crippen molar-refractivity contribution in [3.8, 4) is 11.6 Å². The molecule has 0 saturated carbocycles. The minimum absolute atomic E-state index is 0.0384. The molecule has 0 atom stereocenters. The van der Waals surface area contributed by atoms with E-state index in [9.17, 15) is 31.1 Å². The number of ether oxygens (including phenoxy) is 2. The number of nitrogens with zero attached hydrogens (tertiary/aromatic N) is 2. The Morgan fingerprint density at radius 2 is 1.87 bits per heavy atom. The number of anilines is 2. The van der Waals surface area contributed by atoms with Gasteiger partial charge in [0.15, 0.2) is 0 Å². The predicted molar refractivity (Wildman–Crippen MR) is 97.9 cm³/mol. The lowest BCUT2D eigenvalue weighted by atomic mass is 10.1. The smallest absolute Gasteiger partial charge is 0.474 e. The Morgan fingerprint density at radius 3 is 2.48 bits per heavy atom. The molecule has 0 spiro atoms. The average molecular weight is 449 g/mol. The van der Waals surface area contributed by atoms with Crippen molar-refractivity contribution in [2.45, 2.75) is 32.4 Å². The molecule has 2 heterocycles. The second kappa shape index (κ2) is 8.52. The number of amides is 1. The van der Waals surface area contributed by atoms with Gasteiger partial charge in [-0.25, -0.2) is 0 Å². The first-order valence-corrected chi connectivity index (χ1v) is 9.00. The first-order chi connectivity index (χ1) is 14.4. The minimum atomic E-state index is -4.78. The van der Waals surface area contributed by atoms with Gasteiger partial charge < -0.3 is 19.7 Å². The monoisotopic (exact) mass is 449 g/mol. The van der Waals surface area contributed by atoms with Crippen LogP contribution in [-0.4, -0.2) is 36.6 Å². The first-order valence-electron chi connectivity index (χ1n) is 9.00. The second-order valence-electron chi connectivity index (χ2n) is 6.78. The summed E-state index contributed by atoms with van der Waals surface area (Å²) in [6.07, 6.45) is -11.0. The molecule has 0 radical (unpaired) electrons. The van der Waals surface area contributed by atoms with Gasteiger partial charge in [0.1, 0.15) is 30.3 Å². The second-order valence-corrected chi connectivity index (χ2v) is 6.78. The molecule has 1 aromatic carbocycles. The van der Waals surface area contributed by atoms with Gasteiger partial charge in [0, 0.05) is 6.54 Å². The summed E-state index contributed by atoms with van der Waals surface area (Å²) < 4.78 is 83.3.